The van der Waals surface area contributed by atoms with E-state index < -0.39 is 4.92 Å². The maximum atomic E-state index is 10.7. The van der Waals surface area contributed by atoms with E-state index in [4.69, 9.17) is 4.74 Å². The highest BCUT2D eigenvalue weighted by Gasteiger charge is 2.09. The molecule has 5 heteroatoms. The van der Waals surface area contributed by atoms with Gasteiger partial charge in [0.1, 0.15) is 12.4 Å². The van der Waals surface area contributed by atoms with Crippen LogP contribution in [0, 0.1) is 22.0 Å². The normalized spacial score (nSPS) is 9.45. The Labute approximate surface area is 124 Å². The molecule has 0 unspecified atom stereocenters. The number of halogens is 1. The molecule has 100 valence electrons. The molecule has 0 radical (unpaired) electrons. The Balaban J connectivity index is 2.03. The van der Waals surface area contributed by atoms with Gasteiger partial charge < -0.3 is 4.74 Å². The van der Waals surface area contributed by atoms with Crippen molar-refractivity contribution in [3.8, 4) is 17.6 Å². The van der Waals surface area contributed by atoms with Crippen LogP contribution in [0.15, 0.2) is 53.0 Å². The number of nitro benzene ring substituents is 1. The van der Waals surface area contributed by atoms with Crippen LogP contribution >= 0.6 is 15.9 Å². The van der Waals surface area contributed by atoms with Gasteiger partial charge in [-0.15, -0.1) is 0 Å². The smallest absolute Gasteiger partial charge is 0.273 e. The van der Waals surface area contributed by atoms with Gasteiger partial charge in [0.2, 0.25) is 0 Å². The van der Waals surface area contributed by atoms with E-state index in [1.165, 1.54) is 12.1 Å². The molecule has 0 bridgehead atoms. The Hall–Kier alpha value is -2.32. The third kappa shape index (κ3) is 3.84. The maximum Gasteiger partial charge on any atom is 0.273 e. The van der Waals surface area contributed by atoms with Crippen molar-refractivity contribution in [2.45, 2.75) is 0 Å². The van der Waals surface area contributed by atoms with Crippen molar-refractivity contribution >= 4 is 21.6 Å². The predicted molar refractivity (Wildman–Crippen MR) is 79.6 cm³/mol. The SMILES string of the molecule is O=[N+]([O-])c1ccc(Br)c(OCC#Cc2ccccc2)c1. The molecule has 0 aliphatic heterocycles. The monoisotopic (exact) mass is 331 g/mol. The number of hydrogen-bond donors (Lipinski definition) is 0. The van der Waals surface area contributed by atoms with Gasteiger partial charge in [0.15, 0.2) is 0 Å². The van der Waals surface area contributed by atoms with Crippen LogP contribution in [0.3, 0.4) is 0 Å². The lowest BCUT2D eigenvalue weighted by atomic mass is 10.2. The zero-order chi connectivity index (χ0) is 14.4. The summed E-state index contributed by atoms with van der Waals surface area (Å²) in [5.74, 6) is 6.21. The molecule has 0 N–H and O–H groups in total. The second-order valence-electron chi connectivity index (χ2n) is 3.83. The fraction of sp³-hybridized carbons (Fsp3) is 0.0667. The lowest BCUT2D eigenvalue weighted by Gasteiger charge is -2.04. The molecule has 0 aliphatic rings. The van der Waals surface area contributed by atoms with E-state index in [2.05, 4.69) is 27.8 Å². The van der Waals surface area contributed by atoms with Crippen LogP contribution in [-0.4, -0.2) is 11.5 Å². The highest BCUT2D eigenvalue weighted by atomic mass is 79.9. The van der Waals surface area contributed by atoms with E-state index in [0.29, 0.717) is 10.2 Å². The van der Waals surface area contributed by atoms with Gasteiger partial charge in [-0.25, -0.2) is 0 Å². The Bertz CT molecular complexity index is 675. The first-order chi connectivity index (χ1) is 9.66. The topological polar surface area (TPSA) is 52.4 Å². The molecule has 2 aromatic rings. The van der Waals surface area contributed by atoms with Gasteiger partial charge in [0, 0.05) is 11.6 Å². The summed E-state index contributed by atoms with van der Waals surface area (Å²) in [6.07, 6.45) is 0. The number of hydrogen-bond acceptors (Lipinski definition) is 3. The molecular weight excluding hydrogens is 322 g/mol. The minimum atomic E-state index is -0.463. The zero-order valence-electron chi connectivity index (χ0n) is 10.4. The summed E-state index contributed by atoms with van der Waals surface area (Å²) in [4.78, 5) is 10.2. The van der Waals surface area contributed by atoms with Crippen LogP contribution in [0.25, 0.3) is 0 Å². The lowest BCUT2D eigenvalue weighted by Crippen LogP contribution is -1.96. The van der Waals surface area contributed by atoms with E-state index in [9.17, 15) is 10.1 Å². The first kappa shape index (κ1) is 14.1. The summed E-state index contributed by atoms with van der Waals surface area (Å²) in [7, 11) is 0. The molecule has 0 saturated carbocycles. The number of nitrogens with zero attached hydrogens (tertiary/aromatic N) is 1. The number of non-ortho nitro benzene ring substituents is 1. The van der Waals surface area contributed by atoms with Gasteiger partial charge >= 0.3 is 0 Å². The molecule has 0 aromatic heterocycles. The van der Waals surface area contributed by atoms with Crippen LogP contribution in [0.5, 0.6) is 5.75 Å². The largest absolute Gasteiger partial charge is 0.479 e. The standard InChI is InChI=1S/C15H10BrNO3/c16-14-9-8-13(17(18)19)11-15(14)20-10-4-7-12-5-2-1-3-6-12/h1-3,5-6,8-9,11H,10H2. The molecular formula is C15H10BrNO3. The molecule has 0 atom stereocenters. The molecule has 0 fully saturated rings. The molecule has 2 aromatic carbocycles. The van der Waals surface area contributed by atoms with Gasteiger partial charge in [0.05, 0.1) is 15.5 Å². The predicted octanol–water partition coefficient (Wildman–Crippen LogP) is 3.79. The number of ether oxygens (including phenoxy) is 1. The van der Waals surface area contributed by atoms with E-state index in [0.717, 1.165) is 5.56 Å². The van der Waals surface area contributed by atoms with Crippen molar-refractivity contribution in [3.05, 3.63) is 68.7 Å². The quantitative estimate of drug-likeness (QED) is 0.488. The molecule has 0 aliphatic carbocycles. The van der Waals surface area contributed by atoms with Crippen molar-refractivity contribution < 1.29 is 9.66 Å². The Morgan fingerprint density at radius 1 is 1.20 bits per heavy atom. The van der Waals surface area contributed by atoms with E-state index in [1.807, 2.05) is 30.3 Å². The van der Waals surface area contributed by atoms with Crippen LogP contribution in [-0.2, 0) is 0 Å². The summed E-state index contributed by atoms with van der Waals surface area (Å²) in [5, 5.41) is 10.7. The second kappa shape index (κ2) is 6.73. The number of benzene rings is 2. The van der Waals surface area contributed by atoms with Crippen LogP contribution in [0.2, 0.25) is 0 Å². The number of nitro groups is 1. The van der Waals surface area contributed by atoms with Crippen LogP contribution in [0.1, 0.15) is 5.56 Å². The maximum absolute atomic E-state index is 10.7. The van der Waals surface area contributed by atoms with Gasteiger partial charge in [-0.1, -0.05) is 30.0 Å². The van der Waals surface area contributed by atoms with Gasteiger partial charge in [-0.05, 0) is 34.1 Å². The van der Waals surface area contributed by atoms with E-state index >= 15 is 0 Å². The minimum absolute atomic E-state index is 0.0146. The third-order valence-corrected chi connectivity index (χ3v) is 3.09. The third-order valence-electron chi connectivity index (χ3n) is 2.43. The van der Waals surface area contributed by atoms with Gasteiger partial charge in [0.25, 0.3) is 5.69 Å². The Morgan fingerprint density at radius 2 is 1.95 bits per heavy atom. The summed E-state index contributed by atoms with van der Waals surface area (Å²) < 4.78 is 6.08. The van der Waals surface area contributed by atoms with Gasteiger partial charge in [-0.3, -0.25) is 10.1 Å². The molecule has 20 heavy (non-hydrogen) atoms. The van der Waals surface area contributed by atoms with Crippen molar-refractivity contribution in [2.24, 2.45) is 0 Å². The minimum Gasteiger partial charge on any atom is -0.479 e. The summed E-state index contributed by atoms with van der Waals surface area (Å²) >= 11 is 3.28. The Kier molecular flexibility index (Phi) is 4.75. The molecule has 0 saturated heterocycles. The van der Waals surface area contributed by atoms with Crippen LogP contribution < -0.4 is 4.74 Å². The number of rotatable bonds is 3. The molecule has 0 heterocycles. The molecule has 2 rings (SSSR count). The molecule has 0 amide bonds. The first-order valence-electron chi connectivity index (χ1n) is 5.77. The van der Waals surface area contributed by atoms with Gasteiger partial charge in [-0.2, -0.15) is 0 Å². The fourth-order valence-electron chi connectivity index (χ4n) is 1.49. The summed E-state index contributed by atoms with van der Waals surface area (Å²) in [6.45, 7) is 0.161. The first-order valence-corrected chi connectivity index (χ1v) is 6.57. The van der Waals surface area contributed by atoms with E-state index in [-0.39, 0.29) is 12.3 Å². The Morgan fingerprint density at radius 3 is 2.65 bits per heavy atom. The molecule has 4 nitrogen and oxygen atoms in total. The highest BCUT2D eigenvalue weighted by Crippen LogP contribution is 2.29. The average Bonchev–Trinajstić information content (AvgIpc) is 2.46. The zero-order valence-corrected chi connectivity index (χ0v) is 12.0. The second-order valence-corrected chi connectivity index (χ2v) is 4.68. The van der Waals surface area contributed by atoms with Crippen molar-refractivity contribution in [1.82, 2.24) is 0 Å². The van der Waals surface area contributed by atoms with Crippen LogP contribution in [0.4, 0.5) is 5.69 Å². The fourth-order valence-corrected chi connectivity index (χ4v) is 1.85. The highest BCUT2D eigenvalue weighted by molar-refractivity contribution is 9.10. The van der Waals surface area contributed by atoms with Crippen molar-refractivity contribution in [2.75, 3.05) is 6.61 Å². The molecule has 0 spiro atoms. The average molecular weight is 332 g/mol. The van der Waals surface area contributed by atoms with Crippen molar-refractivity contribution in [3.63, 3.8) is 0 Å². The summed E-state index contributed by atoms with van der Waals surface area (Å²) in [5.41, 5.74) is 0.883. The van der Waals surface area contributed by atoms with E-state index in [1.54, 1.807) is 6.07 Å². The van der Waals surface area contributed by atoms with Crippen molar-refractivity contribution in [1.29, 1.82) is 0 Å². The lowest BCUT2D eigenvalue weighted by molar-refractivity contribution is -0.384. The summed E-state index contributed by atoms with van der Waals surface area (Å²) in [6, 6.07) is 13.9.